The zero-order chi connectivity index (χ0) is 10.9. The average Bonchev–Trinajstić information content (AvgIpc) is 2.13. The highest BCUT2D eigenvalue weighted by atomic mass is 16.2. The minimum Gasteiger partial charge on any atom is -0.398 e. The van der Waals surface area contributed by atoms with Gasteiger partial charge in [-0.2, -0.15) is 0 Å². The van der Waals surface area contributed by atoms with Gasteiger partial charge in [-0.05, 0) is 31.0 Å². The Kier molecular flexibility index (Phi) is 2.79. The van der Waals surface area contributed by atoms with E-state index in [2.05, 4.69) is 0 Å². The molecular weight excluding hydrogens is 176 g/mol. The number of anilines is 1. The van der Waals surface area contributed by atoms with E-state index in [1.54, 1.807) is 19.0 Å². The first-order chi connectivity index (χ1) is 6.45. The van der Waals surface area contributed by atoms with Crippen molar-refractivity contribution in [3.05, 3.63) is 28.8 Å². The van der Waals surface area contributed by atoms with Crippen molar-refractivity contribution < 1.29 is 4.79 Å². The van der Waals surface area contributed by atoms with Crippen LogP contribution in [0.2, 0.25) is 0 Å². The first-order valence-electron chi connectivity index (χ1n) is 4.52. The monoisotopic (exact) mass is 192 g/mol. The molecule has 14 heavy (non-hydrogen) atoms. The van der Waals surface area contributed by atoms with E-state index in [4.69, 9.17) is 5.73 Å². The summed E-state index contributed by atoms with van der Waals surface area (Å²) >= 11 is 0. The number of carbonyl (C=O) groups excluding carboxylic acids is 1. The number of aryl methyl sites for hydroxylation is 1. The number of rotatable bonds is 1. The van der Waals surface area contributed by atoms with Gasteiger partial charge in [-0.25, -0.2) is 0 Å². The zero-order valence-electron chi connectivity index (χ0n) is 9.09. The van der Waals surface area contributed by atoms with Gasteiger partial charge in [-0.1, -0.05) is 6.07 Å². The fourth-order valence-corrected chi connectivity index (χ4v) is 1.34. The molecular formula is C11H16N2O. The molecule has 0 aromatic heterocycles. The molecule has 1 amide bonds. The maximum Gasteiger partial charge on any atom is 0.253 e. The smallest absolute Gasteiger partial charge is 0.253 e. The summed E-state index contributed by atoms with van der Waals surface area (Å²) in [6.45, 7) is 3.81. The molecule has 0 radical (unpaired) electrons. The molecule has 3 heteroatoms. The van der Waals surface area contributed by atoms with E-state index < -0.39 is 0 Å². The van der Waals surface area contributed by atoms with Crippen LogP contribution < -0.4 is 5.73 Å². The van der Waals surface area contributed by atoms with Gasteiger partial charge in [0.05, 0.1) is 0 Å². The minimum atomic E-state index is -0.00537. The molecule has 1 rings (SSSR count). The third-order valence-corrected chi connectivity index (χ3v) is 2.37. The number of nitrogens with zero attached hydrogens (tertiary/aromatic N) is 1. The number of nitrogen functional groups attached to an aromatic ring is 1. The Labute approximate surface area is 84.5 Å². The molecule has 0 heterocycles. The van der Waals surface area contributed by atoms with Crippen molar-refractivity contribution >= 4 is 11.6 Å². The normalized spacial score (nSPS) is 10.0. The van der Waals surface area contributed by atoms with Gasteiger partial charge in [0.15, 0.2) is 0 Å². The van der Waals surface area contributed by atoms with Gasteiger partial charge in [0.1, 0.15) is 0 Å². The summed E-state index contributed by atoms with van der Waals surface area (Å²) < 4.78 is 0. The van der Waals surface area contributed by atoms with E-state index >= 15 is 0 Å². The zero-order valence-corrected chi connectivity index (χ0v) is 9.09. The quantitative estimate of drug-likeness (QED) is 0.687. The Morgan fingerprint density at radius 3 is 2.36 bits per heavy atom. The Morgan fingerprint density at radius 1 is 1.29 bits per heavy atom. The van der Waals surface area contributed by atoms with Gasteiger partial charge in [-0.15, -0.1) is 0 Å². The molecule has 0 unspecified atom stereocenters. The maximum absolute atomic E-state index is 11.7. The van der Waals surface area contributed by atoms with Crippen molar-refractivity contribution in [1.82, 2.24) is 4.90 Å². The lowest BCUT2D eigenvalue weighted by atomic mass is 10.0. The molecule has 0 atom stereocenters. The molecule has 76 valence electrons. The Hall–Kier alpha value is -1.51. The molecule has 0 fully saturated rings. The van der Waals surface area contributed by atoms with Crippen LogP contribution in [0.3, 0.4) is 0 Å². The number of benzene rings is 1. The van der Waals surface area contributed by atoms with Crippen LogP contribution in [0, 0.1) is 13.8 Å². The van der Waals surface area contributed by atoms with Crippen LogP contribution in [-0.4, -0.2) is 24.9 Å². The SMILES string of the molecule is Cc1ccc(C(=O)N(C)C)c(C)c1N. The third-order valence-electron chi connectivity index (χ3n) is 2.37. The van der Waals surface area contributed by atoms with Crippen molar-refractivity contribution in [3.8, 4) is 0 Å². The highest BCUT2D eigenvalue weighted by molar-refractivity contribution is 5.96. The second-order valence-corrected chi connectivity index (χ2v) is 3.67. The van der Waals surface area contributed by atoms with Gasteiger partial charge in [-0.3, -0.25) is 4.79 Å². The van der Waals surface area contributed by atoms with Crippen LogP contribution in [0.1, 0.15) is 21.5 Å². The van der Waals surface area contributed by atoms with Crippen LogP contribution >= 0.6 is 0 Å². The Morgan fingerprint density at radius 2 is 1.86 bits per heavy atom. The lowest BCUT2D eigenvalue weighted by molar-refractivity contribution is 0.0827. The molecule has 1 aromatic carbocycles. The van der Waals surface area contributed by atoms with E-state index in [0.717, 1.165) is 11.1 Å². The predicted octanol–water partition coefficient (Wildman–Crippen LogP) is 1.59. The van der Waals surface area contributed by atoms with Crippen molar-refractivity contribution in [2.45, 2.75) is 13.8 Å². The number of carbonyl (C=O) groups is 1. The summed E-state index contributed by atoms with van der Waals surface area (Å²) in [4.78, 5) is 13.3. The summed E-state index contributed by atoms with van der Waals surface area (Å²) in [5.41, 5.74) is 9.11. The van der Waals surface area contributed by atoms with Gasteiger partial charge in [0.2, 0.25) is 0 Å². The summed E-state index contributed by atoms with van der Waals surface area (Å²) in [5.74, 6) is -0.00537. The molecule has 0 spiro atoms. The highest BCUT2D eigenvalue weighted by Crippen LogP contribution is 2.20. The molecule has 1 aromatic rings. The van der Waals surface area contributed by atoms with Gasteiger partial charge >= 0.3 is 0 Å². The number of nitrogens with two attached hydrogens (primary N) is 1. The molecule has 0 bridgehead atoms. The molecule has 3 nitrogen and oxygen atoms in total. The Bertz CT molecular complexity index is 370. The van der Waals surface area contributed by atoms with Crippen LogP contribution in [0.25, 0.3) is 0 Å². The molecule has 0 aliphatic carbocycles. The average molecular weight is 192 g/mol. The topological polar surface area (TPSA) is 46.3 Å². The van der Waals surface area contributed by atoms with Gasteiger partial charge in [0, 0.05) is 25.3 Å². The molecule has 2 N–H and O–H groups in total. The first kappa shape index (κ1) is 10.6. The summed E-state index contributed by atoms with van der Waals surface area (Å²) in [5, 5.41) is 0. The Balaban J connectivity index is 3.24. The van der Waals surface area contributed by atoms with E-state index in [0.29, 0.717) is 11.3 Å². The van der Waals surface area contributed by atoms with E-state index in [-0.39, 0.29) is 5.91 Å². The summed E-state index contributed by atoms with van der Waals surface area (Å²) in [7, 11) is 3.47. The van der Waals surface area contributed by atoms with Gasteiger partial charge in [0.25, 0.3) is 5.91 Å². The summed E-state index contributed by atoms with van der Waals surface area (Å²) in [6, 6.07) is 3.70. The standard InChI is InChI=1S/C11H16N2O/c1-7-5-6-9(8(2)10(7)12)11(14)13(3)4/h5-6H,12H2,1-4H3. The van der Waals surface area contributed by atoms with Crippen molar-refractivity contribution in [2.75, 3.05) is 19.8 Å². The molecule has 0 saturated carbocycles. The molecule has 0 aliphatic heterocycles. The summed E-state index contributed by atoms with van der Waals surface area (Å²) in [6.07, 6.45) is 0. The number of amides is 1. The highest BCUT2D eigenvalue weighted by Gasteiger charge is 2.13. The molecule has 0 saturated heterocycles. The van der Waals surface area contributed by atoms with Gasteiger partial charge < -0.3 is 10.6 Å². The van der Waals surface area contributed by atoms with Crippen LogP contribution in [0.4, 0.5) is 5.69 Å². The fraction of sp³-hybridized carbons (Fsp3) is 0.364. The largest absolute Gasteiger partial charge is 0.398 e. The fourth-order valence-electron chi connectivity index (χ4n) is 1.34. The van der Waals surface area contributed by atoms with Crippen molar-refractivity contribution in [3.63, 3.8) is 0 Å². The lowest BCUT2D eigenvalue weighted by Gasteiger charge is -2.14. The van der Waals surface area contributed by atoms with E-state index in [1.165, 1.54) is 0 Å². The van der Waals surface area contributed by atoms with E-state index in [1.807, 2.05) is 26.0 Å². The lowest BCUT2D eigenvalue weighted by Crippen LogP contribution is -2.23. The van der Waals surface area contributed by atoms with Crippen LogP contribution in [-0.2, 0) is 0 Å². The van der Waals surface area contributed by atoms with Crippen LogP contribution in [0.15, 0.2) is 12.1 Å². The third kappa shape index (κ3) is 1.71. The maximum atomic E-state index is 11.7. The predicted molar refractivity (Wildman–Crippen MR) is 58.3 cm³/mol. The second-order valence-electron chi connectivity index (χ2n) is 3.67. The van der Waals surface area contributed by atoms with Crippen molar-refractivity contribution in [1.29, 1.82) is 0 Å². The number of hydrogen-bond acceptors (Lipinski definition) is 2. The first-order valence-corrected chi connectivity index (χ1v) is 4.52. The molecule has 0 aliphatic rings. The second kappa shape index (κ2) is 3.70. The minimum absolute atomic E-state index is 0.00537. The van der Waals surface area contributed by atoms with Crippen molar-refractivity contribution in [2.24, 2.45) is 0 Å². The van der Waals surface area contributed by atoms with E-state index in [9.17, 15) is 4.79 Å². The van der Waals surface area contributed by atoms with Crippen LogP contribution in [0.5, 0.6) is 0 Å². The number of hydrogen-bond donors (Lipinski definition) is 1.